The molecule has 0 fully saturated rings. The fraction of sp³-hybridized carbons (Fsp3) is 0.381. The molecule has 0 aliphatic rings. The van der Waals surface area contributed by atoms with Gasteiger partial charge in [0.1, 0.15) is 11.3 Å². The van der Waals surface area contributed by atoms with Crippen molar-refractivity contribution in [1.82, 2.24) is 4.57 Å². The fourth-order valence-electron chi connectivity index (χ4n) is 3.86. The molecule has 0 bridgehead atoms. The first-order valence-corrected chi connectivity index (χ1v) is 8.96. The second kappa shape index (κ2) is 6.79. The van der Waals surface area contributed by atoms with Gasteiger partial charge in [0, 0.05) is 16.8 Å². The minimum absolute atomic E-state index is 0.270. The van der Waals surface area contributed by atoms with Crippen LogP contribution in [0.4, 0.5) is 0 Å². The number of ether oxygens (including phenoxy) is 1. The fourth-order valence-corrected chi connectivity index (χ4v) is 3.86. The maximum atomic E-state index is 12.7. The quantitative estimate of drug-likeness (QED) is 0.685. The Morgan fingerprint density at radius 1 is 1.12 bits per heavy atom. The van der Waals surface area contributed by atoms with E-state index in [2.05, 4.69) is 29.7 Å². The van der Waals surface area contributed by atoms with Crippen LogP contribution in [0.25, 0.3) is 21.8 Å². The largest absolute Gasteiger partial charge is 0.497 e. The van der Waals surface area contributed by atoms with Crippen LogP contribution < -0.4 is 10.5 Å². The van der Waals surface area contributed by atoms with Crippen LogP contribution in [0.5, 0.6) is 5.75 Å². The Kier molecular flexibility index (Phi) is 4.71. The second-order valence-corrected chi connectivity index (χ2v) is 6.59. The summed E-state index contributed by atoms with van der Waals surface area (Å²) in [6.45, 7) is 4.18. The molecule has 3 aromatic rings. The Bertz CT molecular complexity index is 913. The molecule has 1 atom stereocenters. The number of hydrogen-bond acceptors (Lipinski definition) is 2. The van der Waals surface area contributed by atoms with Gasteiger partial charge < -0.3 is 15.0 Å². The lowest BCUT2D eigenvalue weighted by atomic mass is 9.88. The summed E-state index contributed by atoms with van der Waals surface area (Å²) in [6.07, 6.45) is 3.37. The van der Waals surface area contributed by atoms with Crippen LogP contribution in [-0.4, -0.2) is 17.6 Å². The molecule has 0 aliphatic carbocycles. The number of unbranched alkanes of at least 4 members (excludes halogenated alkanes) is 1. The van der Waals surface area contributed by atoms with Gasteiger partial charge >= 0.3 is 0 Å². The van der Waals surface area contributed by atoms with Gasteiger partial charge in [0.25, 0.3) is 0 Å². The Morgan fingerprint density at radius 3 is 2.48 bits per heavy atom. The van der Waals surface area contributed by atoms with Crippen LogP contribution in [0.3, 0.4) is 0 Å². The minimum Gasteiger partial charge on any atom is -0.497 e. The lowest BCUT2D eigenvalue weighted by Gasteiger charge is -2.33. The van der Waals surface area contributed by atoms with Crippen LogP contribution in [0, 0.1) is 0 Å². The highest BCUT2D eigenvalue weighted by molar-refractivity contribution is 6.09. The summed E-state index contributed by atoms with van der Waals surface area (Å²) in [5.41, 5.74) is 7.28. The summed E-state index contributed by atoms with van der Waals surface area (Å²) >= 11 is 0. The van der Waals surface area contributed by atoms with E-state index in [-0.39, 0.29) is 5.91 Å². The molecule has 0 spiro atoms. The predicted molar refractivity (Wildman–Crippen MR) is 103 cm³/mol. The summed E-state index contributed by atoms with van der Waals surface area (Å²) in [5, 5.41) is 2.25. The van der Waals surface area contributed by atoms with Gasteiger partial charge in [0.15, 0.2) is 0 Å². The number of rotatable bonds is 7. The molecule has 2 N–H and O–H groups in total. The van der Waals surface area contributed by atoms with Crippen LogP contribution >= 0.6 is 0 Å². The highest BCUT2D eigenvalue weighted by atomic mass is 16.5. The van der Waals surface area contributed by atoms with Gasteiger partial charge in [0.2, 0.25) is 5.91 Å². The van der Waals surface area contributed by atoms with Crippen LogP contribution in [-0.2, 0) is 10.3 Å². The van der Waals surface area contributed by atoms with E-state index < -0.39 is 5.54 Å². The number of fused-ring (bicyclic) bond motifs is 3. The van der Waals surface area contributed by atoms with Crippen LogP contribution in [0.2, 0.25) is 0 Å². The van der Waals surface area contributed by atoms with E-state index in [1.807, 2.05) is 31.2 Å². The number of aromatic nitrogens is 1. The number of para-hydroxylation sites is 1. The first kappa shape index (κ1) is 17.3. The average molecular weight is 338 g/mol. The number of methoxy groups -OCH3 is 1. The lowest BCUT2D eigenvalue weighted by Crippen LogP contribution is -2.45. The number of primary amides is 1. The molecule has 1 unspecified atom stereocenters. The molecule has 4 heteroatoms. The van der Waals surface area contributed by atoms with Gasteiger partial charge in [-0.15, -0.1) is 0 Å². The van der Waals surface area contributed by atoms with Crippen LogP contribution in [0.1, 0.15) is 39.5 Å². The Hall–Kier alpha value is -2.49. The highest BCUT2D eigenvalue weighted by Crippen LogP contribution is 2.39. The van der Waals surface area contributed by atoms with E-state index in [1.54, 1.807) is 7.11 Å². The third-order valence-corrected chi connectivity index (χ3v) is 5.30. The van der Waals surface area contributed by atoms with Gasteiger partial charge in [-0.25, -0.2) is 0 Å². The minimum atomic E-state index is -0.732. The number of amides is 1. The van der Waals surface area contributed by atoms with Gasteiger partial charge in [-0.2, -0.15) is 0 Å². The monoisotopic (exact) mass is 338 g/mol. The zero-order chi connectivity index (χ0) is 18.0. The molecule has 0 radical (unpaired) electrons. The third-order valence-electron chi connectivity index (χ3n) is 5.30. The molecule has 0 saturated carbocycles. The number of hydrogen-bond donors (Lipinski definition) is 1. The molecule has 1 heterocycles. The van der Waals surface area contributed by atoms with Crippen molar-refractivity contribution in [1.29, 1.82) is 0 Å². The van der Waals surface area contributed by atoms with Crippen molar-refractivity contribution in [3.8, 4) is 5.75 Å². The van der Waals surface area contributed by atoms with Crippen molar-refractivity contribution in [3.05, 3.63) is 42.5 Å². The molecule has 132 valence electrons. The summed E-state index contributed by atoms with van der Waals surface area (Å²) in [5.74, 6) is 0.510. The maximum absolute atomic E-state index is 12.7. The standard InChI is InChI=1S/C21H26N2O2/c1-4-6-13-21(5-2,20(22)24)23-18-10-8-7-9-16(18)17-12-11-15(25-3)14-19(17)23/h7-12,14H,4-6,13H2,1-3H3,(H2,22,24). The molecule has 25 heavy (non-hydrogen) atoms. The molecule has 3 rings (SSSR count). The number of nitrogens with zero attached hydrogens (tertiary/aromatic N) is 1. The first-order chi connectivity index (χ1) is 12.1. The normalized spacial score (nSPS) is 13.9. The molecule has 4 nitrogen and oxygen atoms in total. The Labute approximate surface area is 148 Å². The number of carbonyl (C=O) groups is 1. The summed E-state index contributed by atoms with van der Waals surface area (Å²) in [6, 6.07) is 14.2. The Morgan fingerprint density at radius 2 is 1.84 bits per heavy atom. The highest BCUT2D eigenvalue weighted by Gasteiger charge is 2.38. The number of benzene rings is 2. The van der Waals surface area contributed by atoms with Crippen molar-refractivity contribution in [3.63, 3.8) is 0 Å². The van der Waals surface area contributed by atoms with Gasteiger partial charge in [-0.1, -0.05) is 44.9 Å². The maximum Gasteiger partial charge on any atom is 0.243 e. The SMILES string of the molecule is CCCCC(CC)(C(N)=O)n1c2ccccc2c2ccc(OC)cc21. The van der Waals surface area contributed by atoms with Gasteiger partial charge in [-0.3, -0.25) is 4.79 Å². The van der Waals surface area contributed by atoms with Crippen molar-refractivity contribution < 1.29 is 9.53 Å². The smallest absolute Gasteiger partial charge is 0.243 e. The number of nitrogens with two attached hydrogens (primary N) is 1. The van der Waals surface area contributed by atoms with Gasteiger partial charge in [0.05, 0.1) is 18.1 Å². The summed E-state index contributed by atoms with van der Waals surface area (Å²) in [7, 11) is 1.66. The molecule has 1 amide bonds. The van der Waals surface area contributed by atoms with E-state index in [9.17, 15) is 4.79 Å². The van der Waals surface area contributed by atoms with E-state index in [0.29, 0.717) is 6.42 Å². The first-order valence-electron chi connectivity index (χ1n) is 8.96. The zero-order valence-electron chi connectivity index (χ0n) is 15.2. The van der Waals surface area contributed by atoms with Crippen molar-refractivity contribution >= 4 is 27.7 Å². The predicted octanol–water partition coefficient (Wildman–Crippen LogP) is 4.58. The van der Waals surface area contributed by atoms with E-state index >= 15 is 0 Å². The van der Waals surface area contributed by atoms with Crippen molar-refractivity contribution in [2.45, 2.75) is 45.1 Å². The van der Waals surface area contributed by atoms with E-state index in [4.69, 9.17) is 10.5 Å². The molecule has 0 saturated heterocycles. The molecular weight excluding hydrogens is 312 g/mol. The third kappa shape index (κ3) is 2.66. The molecule has 0 aliphatic heterocycles. The van der Waals surface area contributed by atoms with E-state index in [0.717, 1.165) is 46.8 Å². The summed E-state index contributed by atoms with van der Waals surface area (Å²) < 4.78 is 7.58. The van der Waals surface area contributed by atoms with Crippen molar-refractivity contribution in [2.75, 3.05) is 7.11 Å². The van der Waals surface area contributed by atoms with E-state index in [1.165, 1.54) is 0 Å². The molecule has 1 aromatic heterocycles. The van der Waals surface area contributed by atoms with Crippen molar-refractivity contribution in [2.24, 2.45) is 5.73 Å². The molecular formula is C21H26N2O2. The molecule has 2 aromatic carbocycles. The lowest BCUT2D eigenvalue weighted by molar-refractivity contribution is -0.127. The zero-order valence-corrected chi connectivity index (χ0v) is 15.2. The summed E-state index contributed by atoms with van der Waals surface area (Å²) in [4.78, 5) is 12.7. The second-order valence-electron chi connectivity index (χ2n) is 6.59. The van der Waals surface area contributed by atoms with Gasteiger partial charge in [-0.05, 0) is 31.0 Å². The Balaban J connectivity index is 2.43. The topological polar surface area (TPSA) is 57.2 Å². The van der Waals surface area contributed by atoms with Crippen LogP contribution in [0.15, 0.2) is 42.5 Å². The average Bonchev–Trinajstić information content (AvgIpc) is 2.97. The number of carbonyl (C=O) groups excluding carboxylic acids is 1.